The van der Waals surface area contributed by atoms with Crippen molar-refractivity contribution in [2.45, 2.75) is 77.0 Å². The van der Waals surface area contributed by atoms with Crippen LogP contribution >= 0.6 is 11.6 Å². The normalized spacial score (nSPS) is 18.2. The Bertz CT molecular complexity index is 1070. The van der Waals surface area contributed by atoms with Gasteiger partial charge in [0.2, 0.25) is 0 Å². The van der Waals surface area contributed by atoms with Crippen LogP contribution < -0.4 is 0 Å². The van der Waals surface area contributed by atoms with Crippen molar-refractivity contribution in [3.8, 4) is 11.1 Å². The number of halogens is 3. The van der Waals surface area contributed by atoms with Crippen LogP contribution in [0, 0.1) is 17.6 Å². The third-order valence-electron chi connectivity index (χ3n) is 7.47. The molecule has 1 aliphatic carbocycles. The fourth-order valence-electron chi connectivity index (χ4n) is 5.30. The summed E-state index contributed by atoms with van der Waals surface area (Å²) in [4.78, 5) is 0. The maximum Gasteiger partial charge on any atom is 0.142 e. The molecule has 0 bridgehead atoms. The van der Waals surface area contributed by atoms with Crippen molar-refractivity contribution in [1.29, 1.82) is 0 Å². The highest BCUT2D eigenvalue weighted by atomic mass is 35.5. The number of benzene rings is 3. The number of hydrogen-bond donors (Lipinski definition) is 0. The van der Waals surface area contributed by atoms with Gasteiger partial charge >= 0.3 is 0 Å². The Morgan fingerprint density at radius 1 is 0.765 bits per heavy atom. The molecule has 0 nitrogen and oxygen atoms in total. The third-order valence-corrected chi connectivity index (χ3v) is 7.78. The molecule has 0 N–H and O–H groups in total. The smallest absolute Gasteiger partial charge is 0.142 e. The molecule has 0 spiro atoms. The Balaban J connectivity index is 1.26. The van der Waals surface area contributed by atoms with Gasteiger partial charge in [-0.3, -0.25) is 0 Å². The molecular formula is C31H35ClF2. The first kappa shape index (κ1) is 24.9. The highest BCUT2D eigenvalue weighted by molar-refractivity contribution is 6.30. The predicted molar refractivity (Wildman–Crippen MR) is 139 cm³/mol. The summed E-state index contributed by atoms with van der Waals surface area (Å²) in [5.41, 5.74) is 4.89. The number of unbranched alkanes of at least 4 members (excludes halogenated alkanes) is 2. The second-order valence-electron chi connectivity index (χ2n) is 9.90. The molecule has 3 heteroatoms. The van der Waals surface area contributed by atoms with Gasteiger partial charge in [-0.1, -0.05) is 73.8 Å². The molecule has 0 heterocycles. The van der Waals surface area contributed by atoms with Crippen LogP contribution in [0.25, 0.3) is 11.1 Å². The molecule has 0 radical (unpaired) electrons. The molecule has 0 aliphatic heterocycles. The van der Waals surface area contributed by atoms with E-state index in [0.717, 1.165) is 18.4 Å². The molecule has 3 aromatic rings. The number of aryl methyl sites for hydroxylation is 2. The van der Waals surface area contributed by atoms with Crippen molar-refractivity contribution in [2.24, 2.45) is 5.92 Å². The Morgan fingerprint density at radius 2 is 1.50 bits per heavy atom. The molecule has 0 atom stereocenters. The van der Waals surface area contributed by atoms with E-state index < -0.39 is 5.82 Å². The van der Waals surface area contributed by atoms with Crippen LogP contribution in [0.1, 0.15) is 80.9 Å². The zero-order valence-electron chi connectivity index (χ0n) is 20.1. The van der Waals surface area contributed by atoms with Gasteiger partial charge in [0.05, 0.1) is 5.02 Å². The largest absolute Gasteiger partial charge is 0.206 e. The first-order valence-corrected chi connectivity index (χ1v) is 13.2. The van der Waals surface area contributed by atoms with E-state index in [1.807, 2.05) is 6.07 Å². The quantitative estimate of drug-likeness (QED) is 0.267. The zero-order chi connectivity index (χ0) is 23.9. The highest BCUT2D eigenvalue weighted by Gasteiger charge is 2.22. The van der Waals surface area contributed by atoms with Crippen molar-refractivity contribution in [2.75, 3.05) is 0 Å². The van der Waals surface area contributed by atoms with Crippen molar-refractivity contribution in [3.05, 3.63) is 94.0 Å². The predicted octanol–water partition coefficient (Wildman–Crippen LogP) is 9.92. The summed E-state index contributed by atoms with van der Waals surface area (Å²) >= 11 is 5.75. The van der Waals surface area contributed by atoms with Crippen molar-refractivity contribution >= 4 is 11.6 Å². The van der Waals surface area contributed by atoms with Crippen LogP contribution in [0.4, 0.5) is 8.78 Å². The molecule has 34 heavy (non-hydrogen) atoms. The van der Waals surface area contributed by atoms with Gasteiger partial charge in [0.15, 0.2) is 0 Å². The summed E-state index contributed by atoms with van der Waals surface area (Å²) < 4.78 is 28.5. The molecule has 4 rings (SSSR count). The average molecular weight is 481 g/mol. The van der Waals surface area contributed by atoms with E-state index in [1.165, 1.54) is 74.6 Å². The maximum absolute atomic E-state index is 14.7. The molecular weight excluding hydrogens is 446 g/mol. The van der Waals surface area contributed by atoms with E-state index in [9.17, 15) is 8.78 Å². The van der Waals surface area contributed by atoms with E-state index in [2.05, 4.69) is 31.2 Å². The molecule has 0 saturated heterocycles. The van der Waals surface area contributed by atoms with Gasteiger partial charge in [0, 0.05) is 5.56 Å². The lowest BCUT2D eigenvalue weighted by Gasteiger charge is -2.29. The molecule has 0 unspecified atom stereocenters. The van der Waals surface area contributed by atoms with Crippen LogP contribution in [0.15, 0.2) is 60.7 Å². The first-order valence-electron chi connectivity index (χ1n) is 12.9. The Labute approximate surface area is 208 Å². The van der Waals surface area contributed by atoms with Crippen molar-refractivity contribution < 1.29 is 8.78 Å². The minimum absolute atomic E-state index is 0.0509. The molecule has 0 amide bonds. The number of hydrogen-bond acceptors (Lipinski definition) is 0. The minimum atomic E-state index is -0.527. The standard InChI is InChI=1S/C31H35ClF2/c1-2-3-4-5-22-8-13-25(14-9-22)26-15-10-23(11-16-26)6-7-24-12-18-28(30(33)20-24)27-17-19-29(32)31(34)21-27/h8-9,12-14,17-21,23,26H,2-7,10-11,15-16H2,1H3/t23-,26-. The molecule has 180 valence electrons. The molecule has 3 aromatic carbocycles. The average Bonchev–Trinajstić information content (AvgIpc) is 2.86. The van der Waals surface area contributed by atoms with Crippen LogP contribution in [-0.2, 0) is 12.8 Å². The molecule has 1 saturated carbocycles. The molecule has 1 aliphatic rings. The van der Waals surface area contributed by atoms with Crippen molar-refractivity contribution in [3.63, 3.8) is 0 Å². The minimum Gasteiger partial charge on any atom is -0.206 e. The zero-order valence-corrected chi connectivity index (χ0v) is 20.9. The van der Waals surface area contributed by atoms with Crippen molar-refractivity contribution in [1.82, 2.24) is 0 Å². The lowest BCUT2D eigenvalue weighted by molar-refractivity contribution is 0.310. The Morgan fingerprint density at radius 3 is 2.18 bits per heavy atom. The van der Waals surface area contributed by atoms with Crippen LogP contribution in [0.2, 0.25) is 5.02 Å². The van der Waals surface area contributed by atoms with E-state index in [-0.39, 0.29) is 10.8 Å². The second-order valence-corrected chi connectivity index (χ2v) is 10.3. The van der Waals surface area contributed by atoms with Gasteiger partial charge in [0.1, 0.15) is 11.6 Å². The Hall–Kier alpha value is -2.19. The fraction of sp³-hybridized carbons (Fsp3) is 0.419. The third kappa shape index (κ3) is 6.48. The lowest BCUT2D eigenvalue weighted by atomic mass is 9.76. The van der Waals surface area contributed by atoms with Crippen LogP contribution in [0.5, 0.6) is 0 Å². The van der Waals surface area contributed by atoms with Crippen LogP contribution in [-0.4, -0.2) is 0 Å². The summed E-state index contributed by atoms with van der Waals surface area (Å²) in [6.07, 6.45) is 12.0. The molecule has 0 aromatic heterocycles. The maximum atomic E-state index is 14.7. The van der Waals surface area contributed by atoms with Gasteiger partial charge in [-0.2, -0.15) is 0 Å². The summed E-state index contributed by atoms with van der Waals surface area (Å²) in [5.74, 6) is 0.553. The summed E-state index contributed by atoms with van der Waals surface area (Å²) in [5, 5.41) is 0.0509. The van der Waals surface area contributed by atoms with E-state index >= 15 is 0 Å². The van der Waals surface area contributed by atoms with Gasteiger partial charge < -0.3 is 0 Å². The van der Waals surface area contributed by atoms with Gasteiger partial charge in [-0.15, -0.1) is 0 Å². The van der Waals surface area contributed by atoms with E-state index in [1.54, 1.807) is 18.2 Å². The van der Waals surface area contributed by atoms with E-state index in [4.69, 9.17) is 11.6 Å². The summed E-state index contributed by atoms with van der Waals surface area (Å²) in [6, 6.07) is 19.1. The molecule has 1 fully saturated rings. The SMILES string of the molecule is CCCCCc1ccc([C@H]2CC[C@H](CCc3ccc(-c4ccc(Cl)c(F)c4)c(F)c3)CC2)cc1. The van der Waals surface area contributed by atoms with Gasteiger partial charge in [-0.25, -0.2) is 8.78 Å². The highest BCUT2D eigenvalue weighted by Crippen LogP contribution is 2.38. The van der Waals surface area contributed by atoms with Gasteiger partial charge in [0.25, 0.3) is 0 Å². The first-order chi connectivity index (χ1) is 16.5. The monoisotopic (exact) mass is 480 g/mol. The van der Waals surface area contributed by atoms with E-state index in [0.29, 0.717) is 23.0 Å². The topological polar surface area (TPSA) is 0 Å². The summed E-state index contributed by atoms with van der Waals surface area (Å²) in [7, 11) is 0. The van der Waals surface area contributed by atoms with Gasteiger partial charge in [-0.05, 0) is 104 Å². The lowest BCUT2D eigenvalue weighted by Crippen LogP contribution is -2.14. The second kappa shape index (κ2) is 12.0. The fourth-order valence-corrected chi connectivity index (χ4v) is 5.42. The van der Waals surface area contributed by atoms with Crippen LogP contribution in [0.3, 0.4) is 0 Å². The number of rotatable bonds is 9. The Kier molecular flexibility index (Phi) is 8.78. The summed E-state index contributed by atoms with van der Waals surface area (Å²) in [6.45, 7) is 2.25.